The topological polar surface area (TPSA) is 55.1 Å². The number of nitrogens with zero attached hydrogens (tertiary/aromatic N) is 4. The van der Waals surface area contributed by atoms with E-state index in [0.29, 0.717) is 23.7 Å². The number of nitrogens with one attached hydrogen (secondary N) is 1. The highest BCUT2D eigenvalue weighted by atomic mass is 19.4. The maximum absolute atomic E-state index is 13.3. The SMILES string of the molecule is FC(F)(F)c1ccccc1-c1ccc2ncc(CNc3ccccn3)n2n1. The molecule has 8 heteroatoms. The zero-order chi connectivity index (χ0) is 18.9. The van der Waals surface area contributed by atoms with Gasteiger partial charge in [0.2, 0.25) is 0 Å². The molecule has 136 valence electrons. The molecule has 0 amide bonds. The first-order valence-electron chi connectivity index (χ1n) is 8.17. The summed E-state index contributed by atoms with van der Waals surface area (Å²) in [5, 5.41) is 7.53. The van der Waals surface area contributed by atoms with Crippen molar-refractivity contribution in [3.8, 4) is 11.3 Å². The van der Waals surface area contributed by atoms with E-state index in [1.165, 1.54) is 12.1 Å². The number of hydrogen-bond donors (Lipinski definition) is 1. The number of imidazole rings is 1. The lowest BCUT2D eigenvalue weighted by atomic mass is 10.0. The van der Waals surface area contributed by atoms with E-state index >= 15 is 0 Å². The Morgan fingerprint density at radius 1 is 0.926 bits per heavy atom. The van der Waals surface area contributed by atoms with Gasteiger partial charge in [-0.2, -0.15) is 18.3 Å². The first-order valence-corrected chi connectivity index (χ1v) is 8.17. The highest BCUT2D eigenvalue weighted by Crippen LogP contribution is 2.36. The lowest BCUT2D eigenvalue weighted by Crippen LogP contribution is -2.09. The summed E-state index contributed by atoms with van der Waals surface area (Å²) in [4.78, 5) is 8.43. The number of pyridine rings is 1. The lowest BCUT2D eigenvalue weighted by molar-refractivity contribution is -0.137. The number of benzene rings is 1. The number of hydrogen-bond acceptors (Lipinski definition) is 4. The van der Waals surface area contributed by atoms with Crippen molar-refractivity contribution in [2.45, 2.75) is 12.7 Å². The van der Waals surface area contributed by atoms with Crippen molar-refractivity contribution in [1.82, 2.24) is 19.6 Å². The highest BCUT2D eigenvalue weighted by Gasteiger charge is 2.33. The third kappa shape index (κ3) is 3.46. The van der Waals surface area contributed by atoms with Crippen LogP contribution in [0, 0.1) is 0 Å². The van der Waals surface area contributed by atoms with Gasteiger partial charge in [-0.1, -0.05) is 24.3 Å². The van der Waals surface area contributed by atoms with E-state index in [0.717, 1.165) is 6.07 Å². The molecule has 1 N–H and O–H groups in total. The van der Waals surface area contributed by atoms with Crippen LogP contribution < -0.4 is 5.32 Å². The van der Waals surface area contributed by atoms with Crippen molar-refractivity contribution < 1.29 is 13.2 Å². The molecule has 0 aliphatic rings. The van der Waals surface area contributed by atoms with Gasteiger partial charge < -0.3 is 5.32 Å². The fraction of sp³-hybridized carbons (Fsp3) is 0.105. The molecule has 0 saturated heterocycles. The smallest absolute Gasteiger partial charge is 0.364 e. The van der Waals surface area contributed by atoms with Gasteiger partial charge in [-0.05, 0) is 30.3 Å². The molecule has 3 aromatic heterocycles. The monoisotopic (exact) mass is 369 g/mol. The maximum atomic E-state index is 13.3. The molecule has 0 spiro atoms. The summed E-state index contributed by atoms with van der Waals surface area (Å²) in [6, 6.07) is 14.1. The second kappa shape index (κ2) is 6.71. The minimum atomic E-state index is -4.45. The number of rotatable bonds is 4. The van der Waals surface area contributed by atoms with Crippen molar-refractivity contribution in [2.24, 2.45) is 0 Å². The molecule has 0 unspecified atom stereocenters. The van der Waals surface area contributed by atoms with Gasteiger partial charge in [0.25, 0.3) is 0 Å². The minimum Gasteiger partial charge on any atom is -0.364 e. The normalized spacial score (nSPS) is 11.7. The molecule has 27 heavy (non-hydrogen) atoms. The molecule has 0 saturated carbocycles. The summed E-state index contributed by atoms with van der Waals surface area (Å²) >= 11 is 0. The first kappa shape index (κ1) is 17.0. The van der Waals surface area contributed by atoms with Crippen LogP contribution >= 0.6 is 0 Å². The molecule has 1 aromatic carbocycles. The number of alkyl halides is 3. The largest absolute Gasteiger partial charge is 0.417 e. The average molecular weight is 369 g/mol. The number of anilines is 1. The molecule has 4 aromatic rings. The molecule has 0 bridgehead atoms. The van der Waals surface area contributed by atoms with E-state index in [1.54, 1.807) is 35.1 Å². The van der Waals surface area contributed by atoms with E-state index in [4.69, 9.17) is 0 Å². The zero-order valence-corrected chi connectivity index (χ0v) is 14.0. The molecular weight excluding hydrogens is 355 g/mol. The predicted molar refractivity (Wildman–Crippen MR) is 95.0 cm³/mol. The van der Waals surface area contributed by atoms with Crippen LogP contribution in [0.15, 0.2) is 67.0 Å². The van der Waals surface area contributed by atoms with Crippen molar-refractivity contribution in [3.63, 3.8) is 0 Å². The van der Waals surface area contributed by atoms with Crippen LogP contribution in [-0.2, 0) is 12.7 Å². The van der Waals surface area contributed by atoms with E-state index in [2.05, 4.69) is 20.4 Å². The fourth-order valence-electron chi connectivity index (χ4n) is 2.79. The van der Waals surface area contributed by atoms with Gasteiger partial charge in [-0.15, -0.1) is 0 Å². The van der Waals surface area contributed by atoms with Gasteiger partial charge in [0.05, 0.1) is 29.7 Å². The van der Waals surface area contributed by atoms with E-state index < -0.39 is 11.7 Å². The number of halogens is 3. The Morgan fingerprint density at radius 2 is 1.74 bits per heavy atom. The molecule has 0 radical (unpaired) electrons. The zero-order valence-electron chi connectivity index (χ0n) is 14.0. The summed E-state index contributed by atoms with van der Waals surface area (Å²) in [7, 11) is 0. The third-order valence-electron chi connectivity index (χ3n) is 4.06. The average Bonchev–Trinajstić information content (AvgIpc) is 3.09. The van der Waals surface area contributed by atoms with Crippen LogP contribution in [0.5, 0.6) is 0 Å². The Bertz CT molecular complexity index is 1070. The summed E-state index contributed by atoms with van der Waals surface area (Å²) in [6.07, 6.45) is -1.15. The number of fused-ring (bicyclic) bond motifs is 1. The van der Waals surface area contributed by atoms with E-state index in [9.17, 15) is 13.2 Å². The molecule has 0 fully saturated rings. The second-order valence-electron chi connectivity index (χ2n) is 5.85. The summed E-state index contributed by atoms with van der Waals surface area (Å²) < 4.78 is 41.5. The van der Waals surface area contributed by atoms with Crippen LogP contribution in [-0.4, -0.2) is 19.6 Å². The molecule has 5 nitrogen and oxygen atoms in total. The predicted octanol–water partition coefficient (Wildman–Crippen LogP) is 4.42. The van der Waals surface area contributed by atoms with Gasteiger partial charge in [0, 0.05) is 11.8 Å². The Morgan fingerprint density at radius 3 is 2.52 bits per heavy atom. The minimum absolute atomic E-state index is 0.0317. The Balaban J connectivity index is 1.71. The standard InChI is InChI=1S/C19H14F3N5/c20-19(21,22)15-6-2-1-5-14(15)16-8-9-18-25-12-13(27(18)26-16)11-24-17-7-3-4-10-23-17/h1-10,12H,11H2,(H,23,24). The van der Waals surface area contributed by atoms with Crippen LogP contribution in [0.1, 0.15) is 11.3 Å². The van der Waals surface area contributed by atoms with E-state index in [1.807, 2.05) is 18.2 Å². The van der Waals surface area contributed by atoms with Crippen LogP contribution in [0.2, 0.25) is 0 Å². The molecule has 0 atom stereocenters. The second-order valence-corrected chi connectivity index (χ2v) is 5.85. The van der Waals surface area contributed by atoms with Gasteiger partial charge in [-0.25, -0.2) is 14.5 Å². The van der Waals surface area contributed by atoms with Crippen LogP contribution in [0.25, 0.3) is 16.9 Å². The van der Waals surface area contributed by atoms with Gasteiger partial charge in [0.1, 0.15) is 5.82 Å². The highest BCUT2D eigenvalue weighted by molar-refractivity contribution is 5.65. The Hall–Kier alpha value is -3.42. The molecule has 3 heterocycles. The van der Waals surface area contributed by atoms with Crippen LogP contribution in [0.4, 0.5) is 19.0 Å². The summed E-state index contributed by atoms with van der Waals surface area (Å²) in [6.45, 7) is 0.384. The lowest BCUT2D eigenvalue weighted by Gasteiger charge is -2.12. The van der Waals surface area contributed by atoms with Gasteiger partial charge >= 0.3 is 6.18 Å². The molecule has 4 rings (SSSR count). The maximum Gasteiger partial charge on any atom is 0.417 e. The van der Waals surface area contributed by atoms with Crippen molar-refractivity contribution in [3.05, 3.63) is 78.2 Å². The molecular formula is C19H14F3N5. The van der Waals surface area contributed by atoms with E-state index in [-0.39, 0.29) is 11.3 Å². The summed E-state index contributed by atoms with van der Waals surface area (Å²) in [5.41, 5.74) is 0.810. The van der Waals surface area contributed by atoms with Crippen molar-refractivity contribution in [1.29, 1.82) is 0 Å². The first-order chi connectivity index (χ1) is 13.0. The fourth-order valence-corrected chi connectivity index (χ4v) is 2.79. The Labute approximate surface area is 152 Å². The van der Waals surface area contributed by atoms with Gasteiger partial charge in [-0.3, -0.25) is 0 Å². The van der Waals surface area contributed by atoms with Crippen LogP contribution in [0.3, 0.4) is 0 Å². The molecule has 0 aliphatic heterocycles. The van der Waals surface area contributed by atoms with Gasteiger partial charge in [0.15, 0.2) is 5.65 Å². The van der Waals surface area contributed by atoms with Crippen molar-refractivity contribution >= 4 is 11.5 Å². The Kier molecular flexibility index (Phi) is 4.23. The molecule has 0 aliphatic carbocycles. The summed E-state index contributed by atoms with van der Waals surface area (Å²) in [5.74, 6) is 0.686. The number of aromatic nitrogens is 4. The quantitative estimate of drug-likeness (QED) is 0.579. The third-order valence-corrected chi connectivity index (χ3v) is 4.06. The van der Waals surface area contributed by atoms with Crippen molar-refractivity contribution in [2.75, 3.05) is 5.32 Å².